The molecule has 2 fully saturated rings. The average Bonchev–Trinajstić information content (AvgIpc) is 3.25. The summed E-state index contributed by atoms with van der Waals surface area (Å²) < 4.78 is 71.3. The molecule has 1 saturated heterocycles. The van der Waals surface area contributed by atoms with E-state index in [4.69, 9.17) is 13.9 Å². The lowest BCUT2D eigenvalue weighted by atomic mass is 9.82. The number of aromatic nitrogens is 2. The number of halogens is 4. The molecule has 8 nitrogen and oxygen atoms in total. The monoisotopic (exact) mass is 485 g/mol. The molecule has 1 N–H and O–H groups in total. The van der Waals surface area contributed by atoms with Gasteiger partial charge in [-0.15, -0.1) is 23.4 Å². The van der Waals surface area contributed by atoms with Crippen molar-refractivity contribution in [3.05, 3.63) is 41.4 Å². The number of fused-ring (bicyclic) bond motifs is 1. The second-order valence-corrected chi connectivity index (χ2v) is 8.83. The van der Waals surface area contributed by atoms with Gasteiger partial charge >= 0.3 is 6.36 Å². The van der Waals surface area contributed by atoms with Crippen LogP contribution in [0, 0.1) is 5.82 Å². The predicted molar refractivity (Wildman–Crippen MR) is 106 cm³/mol. The van der Waals surface area contributed by atoms with Crippen LogP contribution < -0.4 is 10.1 Å². The highest BCUT2D eigenvalue weighted by atomic mass is 19.4. The third-order valence-electron chi connectivity index (χ3n) is 6.36. The number of nitrogens with one attached hydrogen (secondary N) is 1. The normalized spacial score (nSPS) is 29.0. The Morgan fingerprint density at radius 2 is 1.91 bits per heavy atom. The molecule has 12 heteroatoms. The van der Waals surface area contributed by atoms with Crippen molar-refractivity contribution in [2.24, 2.45) is 0 Å². The summed E-state index contributed by atoms with van der Waals surface area (Å²) in [6.07, 6.45) is -4.13. The van der Waals surface area contributed by atoms with E-state index in [1.54, 1.807) is 0 Å². The average molecular weight is 485 g/mol. The molecule has 2 aliphatic heterocycles. The first-order chi connectivity index (χ1) is 16.2. The fourth-order valence-corrected chi connectivity index (χ4v) is 4.49. The standard InChI is InChI=1S/C22H23F4N3O5/c23-13-2-5-16-11(7-13)1-4-17(32-16)19(30)27-14-3-6-18(31-10-14)21-29-28-20(33-21)12-8-15(9-12)34-22(24,25)26/h2,5,7,12,14-15,17-18H,1,3-4,6,8-10H2,(H,27,30)/t12-,14-,15+,17-,18+/m0/s1. The van der Waals surface area contributed by atoms with E-state index in [-0.39, 0.29) is 54.9 Å². The Morgan fingerprint density at radius 1 is 1.12 bits per heavy atom. The number of hydrogen-bond acceptors (Lipinski definition) is 7. The summed E-state index contributed by atoms with van der Waals surface area (Å²) in [7, 11) is 0. The minimum Gasteiger partial charge on any atom is -0.480 e. The molecule has 1 saturated carbocycles. The molecule has 0 unspecified atom stereocenters. The van der Waals surface area contributed by atoms with E-state index in [0.717, 1.165) is 5.56 Å². The van der Waals surface area contributed by atoms with Crippen LogP contribution in [0.15, 0.2) is 22.6 Å². The largest absolute Gasteiger partial charge is 0.522 e. The van der Waals surface area contributed by atoms with Crippen molar-refractivity contribution >= 4 is 5.91 Å². The quantitative estimate of drug-likeness (QED) is 0.645. The number of benzene rings is 1. The minimum atomic E-state index is -4.65. The lowest BCUT2D eigenvalue weighted by Gasteiger charge is -2.33. The number of ether oxygens (including phenoxy) is 3. The SMILES string of the molecule is O=C(N[C@H]1CC[C@H](c2nnc([C@H]3C[C@@H](OC(F)(F)F)C3)o2)OC1)[C@@H]1CCc2cc(F)ccc2O1. The molecule has 184 valence electrons. The first-order valence-electron chi connectivity index (χ1n) is 11.2. The van der Waals surface area contributed by atoms with E-state index in [2.05, 4.69) is 20.3 Å². The maximum Gasteiger partial charge on any atom is 0.522 e. The highest BCUT2D eigenvalue weighted by Crippen LogP contribution is 2.41. The lowest BCUT2D eigenvalue weighted by molar-refractivity contribution is -0.352. The van der Waals surface area contributed by atoms with E-state index in [0.29, 0.717) is 31.4 Å². The predicted octanol–water partition coefficient (Wildman–Crippen LogP) is 3.72. The molecule has 1 aromatic heterocycles. The number of carbonyl (C=O) groups excluding carboxylic acids is 1. The fraction of sp³-hybridized carbons (Fsp3) is 0.591. The van der Waals surface area contributed by atoms with Gasteiger partial charge in [0, 0.05) is 5.92 Å². The smallest absolute Gasteiger partial charge is 0.480 e. The number of rotatable bonds is 5. The second-order valence-electron chi connectivity index (χ2n) is 8.83. The zero-order valence-electron chi connectivity index (χ0n) is 18.0. The summed E-state index contributed by atoms with van der Waals surface area (Å²) >= 11 is 0. The first-order valence-corrected chi connectivity index (χ1v) is 11.2. The van der Waals surface area contributed by atoms with Crippen LogP contribution in [0.4, 0.5) is 17.6 Å². The number of aryl methyl sites for hydroxylation is 1. The van der Waals surface area contributed by atoms with E-state index >= 15 is 0 Å². The summed E-state index contributed by atoms with van der Waals surface area (Å²) in [5, 5.41) is 10.9. The van der Waals surface area contributed by atoms with Crippen molar-refractivity contribution in [1.29, 1.82) is 0 Å². The van der Waals surface area contributed by atoms with Gasteiger partial charge in [0.2, 0.25) is 11.8 Å². The Hall–Kier alpha value is -2.73. The number of alkyl halides is 3. The Balaban J connectivity index is 1.07. The second kappa shape index (κ2) is 9.14. The molecule has 34 heavy (non-hydrogen) atoms. The van der Waals surface area contributed by atoms with Gasteiger partial charge in [0.15, 0.2) is 6.10 Å². The number of nitrogens with zero attached hydrogens (tertiary/aromatic N) is 2. The zero-order valence-corrected chi connectivity index (χ0v) is 18.0. The molecule has 0 radical (unpaired) electrons. The van der Waals surface area contributed by atoms with Crippen molar-refractivity contribution in [3.63, 3.8) is 0 Å². The molecular weight excluding hydrogens is 462 g/mol. The van der Waals surface area contributed by atoms with Crippen LogP contribution in [0.1, 0.15) is 61.5 Å². The summed E-state index contributed by atoms with van der Waals surface area (Å²) in [6.45, 7) is 0.244. The van der Waals surface area contributed by atoms with Crippen LogP contribution in [0.25, 0.3) is 0 Å². The highest BCUT2D eigenvalue weighted by molar-refractivity contribution is 5.81. The molecule has 1 aliphatic carbocycles. The van der Waals surface area contributed by atoms with Crippen LogP contribution in [-0.2, 0) is 20.7 Å². The highest BCUT2D eigenvalue weighted by Gasteiger charge is 2.43. The Morgan fingerprint density at radius 3 is 2.65 bits per heavy atom. The van der Waals surface area contributed by atoms with Crippen molar-refractivity contribution in [1.82, 2.24) is 15.5 Å². The van der Waals surface area contributed by atoms with Crippen LogP contribution in [0.2, 0.25) is 0 Å². The van der Waals surface area contributed by atoms with Crippen molar-refractivity contribution in [3.8, 4) is 5.75 Å². The van der Waals surface area contributed by atoms with Crippen molar-refractivity contribution in [2.75, 3.05) is 6.61 Å². The Labute approximate surface area is 191 Å². The van der Waals surface area contributed by atoms with Gasteiger partial charge in [-0.3, -0.25) is 9.53 Å². The van der Waals surface area contributed by atoms with Gasteiger partial charge in [-0.25, -0.2) is 4.39 Å². The van der Waals surface area contributed by atoms with E-state index in [1.807, 2.05) is 0 Å². The maximum atomic E-state index is 13.3. The maximum absolute atomic E-state index is 13.3. The lowest BCUT2D eigenvalue weighted by Crippen LogP contribution is -2.48. The third kappa shape index (κ3) is 5.17. The van der Waals surface area contributed by atoms with Gasteiger partial charge in [-0.1, -0.05) is 0 Å². The van der Waals surface area contributed by atoms with Gasteiger partial charge in [0.05, 0.1) is 18.8 Å². The molecule has 1 amide bonds. The molecule has 0 spiro atoms. The van der Waals surface area contributed by atoms with E-state index in [1.165, 1.54) is 18.2 Å². The first kappa shape index (κ1) is 23.0. The Kier molecular flexibility index (Phi) is 6.19. The molecular formula is C22H23F4N3O5. The summed E-state index contributed by atoms with van der Waals surface area (Å²) in [5.41, 5.74) is 0.747. The molecule has 3 aliphatic rings. The topological polar surface area (TPSA) is 95.7 Å². The van der Waals surface area contributed by atoms with E-state index < -0.39 is 24.7 Å². The third-order valence-corrected chi connectivity index (χ3v) is 6.36. The zero-order chi connectivity index (χ0) is 23.9. The van der Waals surface area contributed by atoms with Gasteiger partial charge in [0.25, 0.3) is 5.91 Å². The van der Waals surface area contributed by atoms with Crippen molar-refractivity contribution in [2.45, 2.75) is 75.2 Å². The van der Waals surface area contributed by atoms with Gasteiger partial charge in [-0.05, 0) is 62.3 Å². The number of amides is 1. The molecule has 2 aromatic rings. The molecule has 1 aromatic carbocycles. The summed E-state index contributed by atoms with van der Waals surface area (Å²) in [5.74, 6) is 0.233. The summed E-state index contributed by atoms with van der Waals surface area (Å²) in [4.78, 5) is 12.6. The number of carbonyl (C=O) groups is 1. The van der Waals surface area contributed by atoms with Crippen LogP contribution in [0.5, 0.6) is 5.75 Å². The van der Waals surface area contributed by atoms with Crippen LogP contribution >= 0.6 is 0 Å². The number of hydrogen-bond donors (Lipinski definition) is 1. The molecule has 0 bridgehead atoms. The molecule has 3 atom stereocenters. The molecule has 3 heterocycles. The van der Waals surface area contributed by atoms with Crippen LogP contribution in [0.3, 0.4) is 0 Å². The van der Waals surface area contributed by atoms with E-state index in [9.17, 15) is 22.4 Å². The minimum absolute atomic E-state index is 0.170. The molecule has 5 rings (SSSR count). The fourth-order valence-electron chi connectivity index (χ4n) is 4.49. The van der Waals surface area contributed by atoms with Gasteiger partial charge in [-0.2, -0.15) is 0 Å². The van der Waals surface area contributed by atoms with Gasteiger partial charge in [0.1, 0.15) is 17.7 Å². The Bertz CT molecular complexity index is 1030. The van der Waals surface area contributed by atoms with Crippen molar-refractivity contribution < 1.29 is 41.0 Å². The summed E-state index contributed by atoms with van der Waals surface area (Å²) in [6, 6.07) is 4.04. The van der Waals surface area contributed by atoms with Gasteiger partial charge < -0.3 is 19.2 Å². The van der Waals surface area contributed by atoms with Crippen LogP contribution in [-0.4, -0.2) is 47.3 Å².